The van der Waals surface area contributed by atoms with E-state index in [0.29, 0.717) is 25.1 Å². The monoisotopic (exact) mass is 356 g/mol. The van der Waals surface area contributed by atoms with E-state index in [1.807, 2.05) is 43.0 Å². The molecule has 2 fully saturated rings. The second-order valence-corrected chi connectivity index (χ2v) is 8.38. The molecule has 0 bridgehead atoms. The molecule has 5 heteroatoms. The van der Waals surface area contributed by atoms with Gasteiger partial charge in [-0.05, 0) is 36.8 Å². The summed E-state index contributed by atoms with van der Waals surface area (Å²) in [5, 5.41) is 10.6. The number of nitrogens with zero attached hydrogens (tertiary/aromatic N) is 2. The van der Waals surface area contributed by atoms with Crippen LogP contribution < -0.4 is 0 Å². The Bertz CT molecular complexity index is 724. The van der Waals surface area contributed by atoms with Crippen molar-refractivity contribution in [1.29, 1.82) is 0 Å². The van der Waals surface area contributed by atoms with E-state index >= 15 is 0 Å². The first kappa shape index (κ1) is 17.5. The third-order valence-electron chi connectivity index (χ3n) is 6.59. The minimum absolute atomic E-state index is 0.0135. The molecule has 140 valence electrons. The topological polar surface area (TPSA) is 60.9 Å². The molecule has 2 aliphatic heterocycles. The number of likely N-dealkylation sites (tertiary alicyclic amines) is 1. The van der Waals surface area contributed by atoms with Crippen LogP contribution in [0.1, 0.15) is 61.9 Å². The summed E-state index contributed by atoms with van der Waals surface area (Å²) in [4.78, 5) is 30.2. The molecule has 3 aliphatic rings. The van der Waals surface area contributed by atoms with Gasteiger partial charge in [-0.2, -0.15) is 0 Å². The molecule has 1 saturated carbocycles. The SMILES string of the molecule is CC(C)[C@@H](C(=O)N1CCC(O)C12CCCC2)N1Cc2ccccc2C1=O. The van der Waals surface area contributed by atoms with Gasteiger partial charge in [0.2, 0.25) is 5.91 Å². The summed E-state index contributed by atoms with van der Waals surface area (Å²) in [5.74, 6) is -0.00979. The zero-order valence-corrected chi connectivity index (χ0v) is 15.6. The lowest BCUT2D eigenvalue weighted by molar-refractivity contribution is -0.144. The van der Waals surface area contributed by atoms with Crippen molar-refractivity contribution in [3.63, 3.8) is 0 Å². The van der Waals surface area contributed by atoms with Crippen LogP contribution in [0.25, 0.3) is 0 Å². The largest absolute Gasteiger partial charge is 0.391 e. The highest BCUT2D eigenvalue weighted by Gasteiger charge is 2.54. The van der Waals surface area contributed by atoms with Crippen molar-refractivity contribution in [3.8, 4) is 0 Å². The van der Waals surface area contributed by atoms with Crippen molar-refractivity contribution < 1.29 is 14.7 Å². The fourth-order valence-corrected chi connectivity index (χ4v) is 5.28. The number of rotatable bonds is 3. The highest BCUT2D eigenvalue weighted by Crippen LogP contribution is 2.44. The molecule has 1 unspecified atom stereocenters. The molecular weight excluding hydrogens is 328 g/mol. The predicted octanol–water partition coefficient (Wildman–Crippen LogP) is 2.57. The lowest BCUT2D eigenvalue weighted by atomic mass is 9.90. The van der Waals surface area contributed by atoms with Gasteiger partial charge in [-0.25, -0.2) is 0 Å². The van der Waals surface area contributed by atoms with E-state index in [1.54, 1.807) is 4.90 Å². The highest BCUT2D eigenvalue weighted by molar-refractivity contribution is 6.01. The van der Waals surface area contributed by atoms with E-state index in [9.17, 15) is 14.7 Å². The molecule has 1 spiro atoms. The number of fused-ring (bicyclic) bond motifs is 1. The van der Waals surface area contributed by atoms with E-state index in [-0.39, 0.29) is 17.7 Å². The van der Waals surface area contributed by atoms with Gasteiger partial charge >= 0.3 is 0 Å². The van der Waals surface area contributed by atoms with Gasteiger partial charge in [-0.1, -0.05) is 44.9 Å². The molecule has 4 rings (SSSR count). The molecule has 0 aromatic heterocycles. The molecular formula is C21H28N2O3. The van der Waals surface area contributed by atoms with Crippen LogP contribution in [0.4, 0.5) is 0 Å². The van der Waals surface area contributed by atoms with Crippen LogP contribution in [-0.4, -0.2) is 51.0 Å². The van der Waals surface area contributed by atoms with Crippen LogP contribution in [-0.2, 0) is 11.3 Å². The first-order valence-electron chi connectivity index (χ1n) is 9.84. The van der Waals surface area contributed by atoms with Gasteiger partial charge in [0.1, 0.15) is 6.04 Å². The Morgan fingerprint density at radius 3 is 2.58 bits per heavy atom. The number of aliphatic hydroxyl groups excluding tert-OH is 1. The first-order valence-corrected chi connectivity index (χ1v) is 9.84. The molecule has 2 heterocycles. The minimum Gasteiger partial charge on any atom is -0.391 e. The van der Waals surface area contributed by atoms with E-state index in [2.05, 4.69) is 0 Å². The van der Waals surface area contributed by atoms with Gasteiger partial charge in [-0.3, -0.25) is 9.59 Å². The van der Waals surface area contributed by atoms with Gasteiger partial charge in [0.25, 0.3) is 5.91 Å². The maximum absolute atomic E-state index is 13.6. The standard InChI is InChI=1S/C21H28N2O3/c1-14(2)18(22-13-15-7-3-4-8-16(15)19(22)25)20(26)23-12-9-17(24)21(23)10-5-6-11-21/h3-4,7-8,14,17-18,24H,5-6,9-13H2,1-2H3/t17?,18-/m0/s1. The van der Waals surface area contributed by atoms with Crippen molar-refractivity contribution in [2.24, 2.45) is 5.92 Å². The van der Waals surface area contributed by atoms with Gasteiger partial charge in [0.15, 0.2) is 0 Å². The second-order valence-electron chi connectivity index (χ2n) is 8.38. The Balaban J connectivity index is 1.64. The summed E-state index contributed by atoms with van der Waals surface area (Å²) < 4.78 is 0. The fourth-order valence-electron chi connectivity index (χ4n) is 5.28. The highest BCUT2D eigenvalue weighted by atomic mass is 16.3. The summed E-state index contributed by atoms with van der Waals surface area (Å²) in [5.41, 5.74) is 1.30. The average molecular weight is 356 g/mol. The summed E-state index contributed by atoms with van der Waals surface area (Å²) in [7, 11) is 0. The molecule has 2 atom stereocenters. The molecule has 2 amide bonds. The average Bonchev–Trinajstić information content (AvgIpc) is 3.30. The van der Waals surface area contributed by atoms with Crippen LogP contribution in [0.2, 0.25) is 0 Å². The Morgan fingerprint density at radius 2 is 1.92 bits per heavy atom. The number of carbonyl (C=O) groups is 2. The van der Waals surface area contributed by atoms with Crippen molar-refractivity contribution in [1.82, 2.24) is 9.80 Å². The van der Waals surface area contributed by atoms with Gasteiger partial charge in [0.05, 0.1) is 11.6 Å². The smallest absolute Gasteiger partial charge is 0.255 e. The number of hydrogen-bond acceptors (Lipinski definition) is 3. The quantitative estimate of drug-likeness (QED) is 0.905. The van der Waals surface area contributed by atoms with Crippen molar-refractivity contribution in [3.05, 3.63) is 35.4 Å². The molecule has 1 aromatic carbocycles. The zero-order valence-electron chi connectivity index (χ0n) is 15.6. The predicted molar refractivity (Wildman–Crippen MR) is 98.5 cm³/mol. The molecule has 0 radical (unpaired) electrons. The Morgan fingerprint density at radius 1 is 1.23 bits per heavy atom. The normalized spacial score (nSPS) is 25.4. The van der Waals surface area contributed by atoms with E-state index in [1.165, 1.54) is 0 Å². The van der Waals surface area contributed by atoms with Gasteiger partial charge in [-0.15, -0.1) is 0 Å². The summed E-state index contributed by atoms with van der Waals surface area (Å²) in [6, 6.07) is 7.14. The Hall–Kier alpha value is -1.88. The van der Waals surface area contributed by atoms with Crippen molar-refractivity contribution >= 4 is 11.8 Å². The van der Waals surface area contributed by atoms with Crippen LogP contribution in [0, 0.1) is 5.92 Å². The van der Waals surface area contributed by atoms with Gasteiger partial charge in [0, 0.05) is 18.7 Å². The minimum atomic E-state index is -0.474. The maximum Gasteiger partial charge on any atom is 0.255 e. The zero-order chi connectivity index (χ0) is 18.5. The van der Waals surface area contributed by atoms with E-state index in [4.69, 9.17) is 0 Å². The third kappa shape index (κ3) is 2.48. The maximum atomic E-state index is 13.6. The van der Waals surface area contributed by atoms with Crippen molar-refractivity contribution in [2.75, 3.05) is 6.54 Å². The first-order chi connectivity index (χ1) is 12.5. The molecule has 1 N–H and O–H groups in total. The lowest BCUT2D eigenvalue weighted by Gasteiger charge is -2.41. The molecule has 1 aromatic rings. The number of hydrogen-bond donors (Lipinski definition) is 1. The summed E-state index contributed by atoms with van der Waals surface area (Å²) in [6.07, 6.45) is 4.07. The van der Waals surface area contributed by atoms with Crippen LogP contribution in [0.3, 0.4) is 0 Å². The van der Waals surface area contributed by atoms with Crippen LogP contribution in [0.15, 0.2) is 24.3 Å². The Kier molecular flexibility index (Phi) is 4.30. The third-order valence-corrected chi connectivity index (χ3v) is 6.59. The van der Waals surface area contributed by atoms with Crippen LogP contribution in [0.5, 0.6) is 0 Å². The second kappa shape index (κ2) is 6.38. The van der Waals surface area contributed by atoms with E-state index in [0.717, 1.165) is 31.2 Å². The van der Waals surface area contributed by atoms with Gasteiger partial charge < -0.3 is 14.9 Å². The van der Waals surface area contributed by atoms with Crippen molar-refractivity contribution in [2.45, 2.75) is 70.2 Å². The molecule has 5 nitrogen and oxygen atoms in total. The lowest BCUT2D eigenvalue weighted by Crippen LogP contribution is -2.58. The van der Waals surface area contributed by atoms with E-state index < -0.39 is 17.7 Å². The fraction of sp³-hybridized carbons (Fsp3) is 0.619. The Labute approximate surface area is 155 Å². The number of benzene rings is 1. The number of carbonyl (C=O) groups excluding carboxylic acids is 2. The summed E-state index contributed by atoms with van der Waals surface area (Å²) in [6.45, 7) is 5.10. The summed E-state index contributed by atoms with van der Waals surface area (Å²) >= 11 is 0. The molecule has 1 saturated heterocycles. The number of amides is 2. The van der Waals surface area contributed by atoms with Crippen LogP contribution >= 0.6 is 0 Å². The molecule has 1 aliphatic carbocycles. The number of aliphatic hydroxyl groups is 1. The molecule has 26 heavy (non-hydrogen) atoms.